The van der Waals surface area contributed by atoms with Crippen molar-refractivity contribution >= 4 is 5.82 Å². The Bertz CT molecular complexity index is 1030. The Hall–Kier alpha value is -2.87. The summed E-state index contributed by atoms with van der Waals surface area (Å²) in [6.07, 6.45) is 1.87. The van der Waals surface area contributed by atoms with E-state index in [0.29, 0.717) is 13.2 Å². The number of pyridine rings is 1. The van der Waals surface area contributed by atoms with Gasteiger partial charge in [0.05, 0.1) is 6.54 Å². The summed E-state index contributed by atoms with van der Waals surface area (Å²) in [4.78, 5) is 11.8. The molecule has 2 aromatic heterocycles. The van der Waals surface area contributed by atoms with Crippen molar-refractivity contribution in [3.05, 3.63) is 77.4 Å². The van der Waals surface area contributed by atoms with E-state index in [2.05, 4.69) is 50.0 Å². The number of hydrogen-bond acceptors (Lipinski definition) is 7. The Morgan fingerprint density at radius 3 is 2.61 bits per heavy atom. The summed E-state index contributed by atoms with van der Waals surface area (Å²) in [6, 6.07) is 16.8. The molecule has 0 bridgehead atoms. The number of benzene rings is 1. The molecule has 0 spiro atoms. The number of anilines is 1. The van der Waals surface area contributed by atoms with Gasteiger partial charge in [-0.05, 0) is 42.0 Å². The number of rotatable bonds is 7. The molecule has 0 unspecified atom stereocenters. The number of ether oxygens (including phenoxy) is 2. The number of piperazine rings is 1. The molecule has 33 heavy (non-hydrogen) atoms. The number of furan rings is 1. The highest BCUT2D eigenvalue weighted by atomic mass is 16.5. The topological polar surface area (TPSA) is 54.2 Å². The number of hydrogen-bond donors (Lipinski definition) is 0. The van der Waals surface area contributed by atoms with Gasteiger partial charge in [-0.2, -0.15) is 0 Å². The summed E-state index contributed by atoms with van der Waals surface area (Å²) in [5, 5.41) is 0. The summed E-state index contributed by atoms with van der Waals surface area (Å²) < 4.78 is 17.1. The van der Waals surface area contributed by atoms with Gasteiger partial charge in [-0.25, -0.2) is 4.98 Å². The van der Waals surface area contributed by atoms with Gasteiger partial charge in [0.15, 0.2) is 0 Å². The van der Waals surface area contributed by atoms with E-state index < -0.39 is 0 Å². The molecule has 0 amide bonds. The van der Waals surface area contributed by atoms with Gasteiger partial charge in [-0.3, -0.25) is 9.80 Å². The third-order valence-electron chi connectivity index (χ3n) is 6.32. The first-order valence-corrected chi connectivity index (χ1v) is 11.7. The molecule has 1 fully saturated rings. The number of nitrogens with zero attached hydrogens (tertiary/aromatic N) is 4. The minimum atomic E-state index is 0.505. The van der Waals surface area contributed by atoms with Crippen LogP contribution < -0.4 is 9.64 Å². The van der Waals surface area contributed by atoms with Crippen LogP contribution in [0.3, 0.4) is 0 Å². The van der Waals surface area contributed by atoms with Crippen molar-refractivity contribution in [3.63, 3.8) is 0 Å². The van der Waals surface area contributed by atoms with Crippen molar-refractivity contribution in [2.75, 3.05) is 51.3 Å². The molecule has 0 N–H and O–H groups in total. The van der Waals surface area contributed by atoms with Crippen LogP contribution >= 0.6 is 0 Å². The maximum Gasteiger partial charge on any atom is 0.129 e. The lowest BCUT2D eigenvalue weighted by molar-refractivity contribution is 0.157. The average molecular weight is 449 g/mol. The van der Waals surface area contributed by atoms with Crippen LogP contribution in [0.4, 0.5) is 5.82 Å². The van der Waals surface area contributed by atoms with Gasteiger partial charge in [0.2, 0.25) is 0 Å². The predicted octanol–water partition coefficient (Wildman–Crippen LogP) is 3.54. The summed E-state index contributed by atoms with van der Waals surface area (Å²) in [7, 11) is 1.68. The van der Waals surface area contributed by atoms with E-state index in [1.807, 2.05) is 24.4 Å². The second kappa shape index (κ2) is 10.4. The van der Waals surface area contributed by atoms with Crippen molar-refractivity contribution in [1.82, 2.24) is 14.8 Å². The number of aromatic nitrogens is 1. The molecule has 1 saturated heterocycles. The standard InChI is InChI=1S/C26H32N4O3/c1-31-20-24-7-6-23(33-24)19-29-14-15-32-25-8-5-21(16-22(25)18-29)17-28-10-12-30(13-11-28)26-4-2-3-9-27-26/h2-9,16H,10-15,17-20H2,1H3. The molecule has 1 aromatic carbocycles. The largest absolute Gasteiger partial charge is 0.492 e. The van der Waals surface area contributed by atoms with E-state index in [9.17, 15) is 0 Å². The van der Waals surface area contributed by atoms with E-state index in [1.54, 1.807) is 7.11 Å². The number of methoxy groups -OCH3 is 1. The number of fused-ring (bicyclic) bond motifs is 1. The van der Waals surface area contributed by atoms with Gasteiger partial charge in [-0.15, -0.1) is 0 Å². The lowest BCUT2D eigenvalue weighted by atomic mass is 10.1. The third-order valence-corrected chi connectivity index (χ3v) is 6.32. The Labute approximate surface area is 195 Å². The fourth-order valence-electron chi connectivity index (χ4n) is 4.62. The molecule has 174 valence electrons. The Morgan fingerprint density at radius 1 is 0.909 bits per heavy atom. The quantitative estimate of drug-likeness (QED) is 0.548. The zero-order valence-electron chi connectivity index (χ0n) is 19.3. The lowest BCUT2D eigenvalue weighted by Gasteiger charge is -2.35. The monoisotopic (exact) mass is 448 g/mol. The van der Waals surface area contributed by atoms with Crippen LogP contribution in [-0.2, 0) is 31.0 Å². The van der Waals surface area contributed by atoms with E-state index >= 15 is 0 Å². The third kappa shape index (κ3) is 5.55. The Kier molecular flexibility index (Phi) is 6.90. The zero-order chi connectivity index (χ0) is 22.5. The molecule has 2 aliphatic rings. The molecular formula is C26H32N4O3. The maximum atomic E-state index is 6.05. The maximum absolute atomic E-state index is 6.05. The van der Waals surface area contributed by atoms with Gasteiger partial charge >= 0.3 is 0 Å². The first-order chi connectivity index (χ1) is 16.3. The second-order valence-electron chi connectivity index (χ2n) is 8.75. The van der Waals surface area contributed by atoms with Crippen LogP contribution in [0.2, 0.25) is 0 Å². The van der Waals surface area contributed by atoms with E-state index in [1.165, 1.54) is 11.1 Å². The first-order valence-electron chi connectivity index (χ1n) is 11.7. The molecule has 0 radical (unpaired) electrons. The zero-order valence-corrected chi connectivity index (χ0v) is 19.3. The minimum Gasteiger partial charge on any atom is -0.492 e. The highest BCUT2D eigenvalue weighted by Gasteiger charge is 2.20. The summed E-state index contributed by atoms with van der Waals surface area (Å²) in [5.74, 6) is 3.91. The van der Waals surface area contributed by atoms with Crippen LogP contribution in [0.15, 0.2) is 59.1 Å². The van der Waals surface area contributed by atoms with Crippen molar-refractivity contribution < 1.29 is 13.9 Å². The summed E-state index contributed by atoms with van der Waals surface area (Å²) in [6.45, 7) is 8.75. The molecule has 5 rings (SSSR count). The van der Waals surface area contributed by atoms with Crippen molar-refractivity contribution in [2.24, 2.45) is 0 Å². The smallest absolute Gasteiger partial charge is 0.129 e. The van der Waals surface area contributed by atoms with Crippen molar-refractivity contribution in [1.29, 1.82) is 0 Å². The van der Waals surface area contributed by atoms with Crippen LogP contribution in [-0.4, -0.2) is 61.2 Å². The lowest BCUT2D eigenvalue weighted by Crippen LogP contribution is -2.46. The minimum absolute atomic E-state index is 0.505. The summed E-state index contributed by atoms with van der Waals surface area (Å²) >= 11 is 0. The normalized spacial score (nSPS) is 17.4. The molecule has 0 saturated carbocycles. The van der Waals surface area contributed by atoms with Gasteiger partial charge in [0.1, 0.15) is 36.3 Å². The van der Waals surface area contributed by atoms with Gasteiger partial charge in [0.25, 0.3) is 0 Å². The Morgan fingerprint density at radius 2 is 1.79 bits per heavy atom. The fraction of sp³-hybridized carbons (Fsp3) is 0.423. The van der Waals surface area contributed by atoms with Gasteiger partial charge in [0, 0.05) is 64.7 Å². The first kappa shape index (κ1) is 21.9. The van der Waals surface area contributed by atoms with Crippen LogP contribution in [0.1, 0.15) is 22.6 Å². The van der Waals surface area contributed by atoms with Crippen molar-refractivity contribution in [2.45, 2.75) is 26.2 Å². The fourth-order valence-corrected chi connectivity index (χ4v) is 4.62. The van der Waals surface area contributed by atoms with Crippen LogP contribution in [0, 0.1) is 0 Å². The average Bonchev–Trinajstić information content (AvgIpc) is 3.18. The second-order valence-corrected chi connectivity index (χ2v) is 8.75. The highest BCUT2D eigenvalue weighted by molar-refractivity contribution is 5.39. The molecule has 0 aliphatic carbocycles. The van der Waals surface area contributed by atoms with E-state index in [4.69, 9.17) is 13.9 Å². The summed E-state index contributed by atoms with van der Waals surface area (Å²) in [5.41, 5.74) is 2.59. The molecular weight excluding hydrogens is 416 g/mol. The van der Waals surface area contributed by atoms with E-state index in [-0.39, 0.29) is 0 Å². The molecule has 0 atom stereocenters. The van der Waals surface area contributed by atoms with Crippen molar-refractivity contribution in [3.8, 4) is 5.75 Å². The van der Waals surface area contributed by atoms with Crippen LogP contribution in [0.5, 0.6) is 5.75 Å². The molecule has 2 aliphatic heterocycles. The van der Waals surface area contributed by atoms with Crippen LogP contribution in [0.25, 0.3) is 0 Å². The predicted molar refractivity (Wildman–Crippen MR) is 127 cm³/mol. The molecule has 7 nitrogen and oxygen atoms in total. The molecule has 4 heterocycles. The Balaban J connectivity index is 1.19. The van der Waals surface area contributed by atoms with Gasteiger partial charge < -0.3 is 18.8 Å². The van der Waals surface area contributed by atoms with Gasteiger partial charge in [-0.1, -0.05) is 12.1 Å². The molecule has 7 heteroatoms. The SMILES string of the molecule is COCc1ccc(CN2CCOc3ccc(CN4CCN(c5ccccn5)CC4)cc3C2)o1. The molecule has 3 aromatic rings. The van der Waals surface area contributed by atoms with E-state index in [0.717, 1.165) is 75.4 Å². The highest BCUT2D eigenvalue weighted by Crippen LogP contribution is 2.26.